The largest absolute Gasteiger partial charge is 0.324 e. The molecule has 1 fully saturated rings. The third kappa shape index (κ3) is 4.19. The van der Waals surface area contributed by atoms with Gasteiger partial charge in [0.05, 0.1) is 17.3 Å². The summed E-state index contributed by atoms with van der Waals surface area (Å²) in [7, 11) is 1.94. The van der Waals surface area contributed by atoms with Gasteiger partial charge in [0.1, 0.15) is 0 Å². The van der Waals surface area contributed by atoms with Crippen LogP contribution in [0, 0.1) is 0 Å². The molecule has 0 bridgehead atoms. The van der Waals surface area contributed by atoms with Crippen molar-refractivity contribution in [2.75, 3.05) is 32.0 Å². The predicted molar refractivity (Wildman–Crippen MR) is 86.3 cm³/mol. The Labute approximate surface area is 133 Å². The molecule has 4 nitrogen and oxygen atoms in total. The Bertz CT molecular complexity index is 483. The monoisotopic (exact) mass is 359 g/mol. The molecule has 1 aromatic carbocycles. The van der Waals surface area contributed by atoms with Crippen LogP contribution in [0.1, 0.15) is 12.8 Å². The molecule has 1 aromatic rings. The van der Waals surface area contributed by atoms with Crippen molar-refractivity contribution < 1.29 is 4.79 Å². The fraction of sp³-hybridized carbons (Fsp3) is 0.500. The first kappa shape index (κ1) is 15.8. The highest BCUT2D eigenvalue weighted by Gasteiger charge is 2.25. The zero-order valence-corrected chi connectivity index (χ0v) is 13.8. The second-order valence-corrected chi connectivity index (χ2v) is 6.32. The lowest BCUT2D eigenvalue weighted by Crippen LogP contribution is -2.41. The van der Waals surface area contributed by atoms with Crippen molar-refractivity contribution >= 4 is 39.1 Å². The van der Waals surface area contributed by atoms with Crippen LogP contribution in [0.3, 0.4) is 0 Å². The minimum absolute atomic E-state index is 0.0165. The lowest BCUT2D eigenvalue weighted by atomic mass is 10.2. The van der Waals surface area contributed by atoms with Gasteiger partial charge in [0.2, 0.25) is 5.91 Å². The van der Waals surface area contributed by atoms with E-state index in [4.69, 9.17) is 11.6 Å². The van der Waals surface area contributed by atoms with Gasteiger partial charge in [0.25, 0.3) is 0 Å². The maximum absolute atomic E-state index is 12.1. The van der Waals surface area contributed by atoms with Crippen molar-refractivity contribution in [3.8, 4) is 0 Å². The van der Waals surface area contributed by atoms with Crippen molar-refractivity contribution in [2.45, 2.75) is 18.9 Å². The summed E-state index contributed by atoms with van der Waals surface area (Å²) in [5.41, 5.74) is 0.657. The molecule has 0 radical (unpaired) electrons. The van der Waals surface area contributed by atoms with Crippen molar-refractivity contribution in [3.05, 3.63) is 27.7 Å². The smallest absolute Gasteiger partial charge is 0.238 e. The van der Waals surface area contributed by atoms with Gasteiger partial charge in [-0.25, -0.2) is 0 Å². The maximum atomic E-state index is 12.1. The lowest BCUT2D eigenvalue weighted by Gasteiger charge is -2.23. The van der Waals surface area contributed by atoms with Gasteiger partial charge in [-0.3, -0.25) is 9.69 Å². The lowest BCUT2D eigenvalue weighted by molar-refractivity contribution is -0.117. The van der Waals surface area contributed by atoms with Crippen LogP contribution in [0.15, 0.2) is 22.7 Å². The summed E-state index contributed by atoms with van der Waals surface area (Å²) in [5, 5.41) is 6.59. The van der Waals surface area contributed by atoms with E-state index in [1.807, 2.05) is 13.1 Å². The summed E-state index contributed by atoms with van der Waals surface area (Å²) >= 11 is 9.45. The summed E-state index contributed by atoms with van der Waals surface area (Å²) in [4.78, 5) is 14.3. The minimum atomic E-state index is -0.0165. The molecule has 6 heteroatoms. The Kier molecular flexibility index (Phi) is 5.84. The molecule has 0 aromatic heterocycles. The zero-order chi connectivity index (χ0) is 14.5. The number of carbonyl (C=O) groups is 1. The second kappa shape index (κ2) is 7.41. The normalized spacial score (nSPS) is 19.2. The minimum Gasteiger partial charge on any atom is -0.324 e. The SMILES string of the molecule is CNCC1CCCN1CC(=O)Nc1ccc(Br)cc1Cl. The Morgan fingerprint density at radius 2 is 2.35 bits per heavy atom. The number of hydrogen-bond acceptors (Lipinski definition) is 3. The van der Waals surface area contributed by atoms with E-state index in [1.54, 1.807) is 12.1 Å². The molecule has 1 aliphatic rings. The van der Waals surface area contributed by atoms with Crippen molar-refractivity contribution in [1.82, 2.24) is 10.2 Å². The quantitative estimate of drug-likeness (QED) is 0.848. The van der Waals surface area contributed by atoms with Crippen molar-refractivity contribution in [1.29, 1.82) is 0 Å². The van der Waals surface area contributed by atoms with E-state index in [0.717, 1.165) is 30.4 Å². The van der Waals surface area contributed by atoms with Crippen LogP contribution in [0.4, 0.5) is 5.69 Å². The van der Waals surface area contributed by atoms with Crippen LogP contribution < -0.4 is 10.6 Å². The van der Waals surface area contributed by atoms with Crippen LogP contribution in [0.5, 0.6) is 0 Å². The molecule has 1 aliphatic heterocycles. The Hall–Kier alpha value is -0.620. The van der Waals surface area contributed by atoms with Crippen LogP contribution in [0.25, 0.3) is 0 Å². The van der Waals surface area contributed by atoms with Gasteiger partial charge in [-0.15, -0.1) is 0 Å². The molecule has 110 valence electrons. The number of likely N-dealkylation sites (tertiary alicyclic amines) is 1. The molecule has 0 spiro atoms. The van der Waals surface area contributed by atoms with E-state index in [1.165, 1.54) is 0 Å². The third-order valence-corrected chi connectivity index (χ3v) is 4.30. The average Bonchev–Trinajstić information content (AvgIpc) is 2.81. The number of nitrogens with one attached hydrogen (secondary N) is 2. The first-order chi connectivity index (χ1) is 9.60. The van der Waals surface area contributed by atoms with Gasteiger partial charge in [0, 0.05) is 17.1 Å². The molecule has 0 aliphatic carbocycles. The van der Waals surface area contributed by atoms with E-state index in [2.05, 4.69) is 31.5 Å². The van der Waals surface area contributed by atoms with Crippen molar-refractivity contribution in [2.24, 2.45) is 0 Å². The van der Waals surface area contributed by atoms with E-state index >= 15 is 0 Å². The summed E-state index contributed by atoms with van der Waals surface area (Å²) in [6, 6.07) is 5.89. The van der Waals surface area contributed by atoms with Gasteiger partial charge in [-0.1, -0.05) is 27.5 Å². The number of carbonyl (C=O) groups excluding carboxylic acids is 1. The van der Waals surface area contributed by atoms with Crippen molar-refractivity contribution in [3.63, 3.8) is 0 Å². The number of benzene rings is 1. The standard InChI is InChI=1S/C14H19BrClN3O/c1-17-8-11-3-2-6-19(11)9-14(20)18-13-5-4-10(15)7-12(13)16/h4-5,7,11,17H,2-3,6,8-9H2,1H3,(H,18,20). The third-order valence-electron chi connectivity index (χ3n) is 3.49. The number of anilines is 1. The molecule has 20 heavy (non-hydrogen) atoms. The molecule has 0 saturated carbocycles. The highest BCUT2D eigenvalue weighted by molar-refractivity contribution is 9.10. The van der Waals surface area contributed by atoms with Crippen LogP contribution in [-0.2, 0) is 4.79 Å². The summed E-state index contributed by atoms with van der Waals surface area (Å²) in [6.07, 6.45) is 2.30. The molecule has 1 heterocycles. The molecule has 1 saturated heterocycles. The Morgan fingerprint density at radius 3 is 3.05 bits per heavy atom. The van der Waals surface area contributed by atoms with E-state index in [-0.39, 0.29) is 5.91 Å². The molecule has 1 atom stereocenters. The predicted octanol–water partition coefficient (Wildman–Crippen LogP) is 2.72. The number of halogens is 2. The highest BCUT2D eigenvalue weighted by atomic mass is 79.9. The number of rotatable bonds is 5. The van der Waals surface area contributed by atoms with E-state index < -0.39 is 0 Å². The Balaban J connectivity index is 1.92. The van der Waals surface area contributed by atoms with Crippen LogP contribution >= 0.6 is 27.5 Å². The van der Waals surface area contributed by atoms with Gasteiger partial charge in [0.15, 0.2) is 0 Å². The second-order valence-electron chi connectivity index (χ2n) is 5.00. The number of nitrogens with zero attached hydrogens (tertiary/aromatic N) is 1. The highest BCUT2D eigenvalue weighted by Crippen LogP contribution is 2.25. The topological polar surface area (TPSA) is 44.4 Å². The number of hydrogen-bond donors (Lipinski definition) is 2. The average molecular weight is 361 g/mol. The molecular weight excluding hydrogens is 342 g/mol. The van der Waals surface area contributed by atoms with E-state index in [0.29, 0.717) is 23.3 Å². The first-order valence-corrected chi connectivity index (χ1v) is 7.91. The van der Waals surface area contributed by atoms with Gasteiger partial charge >= 0.3 is 0 Å². The molecule has 1 unspecified atom stereocenters. The Morgan fingerprint density at radius 1 is 1.55 bits per heavy atom. The van der Waals surface area contributed by atoms with E-state index in [9.17, 15) is 4.79 Å². The fourth-order valence-corrected chi connectivity index (χ4v) is 3.26. The molecular formula is C14H19BrClN3O. The number of amides is 1. The molecule has 1 amide bonds. The summed E-state index contributed by atoms with van der Waals surface area (Å²) in [6.45, 7) is 2.32. The van der Waals surface area contributed by atoms with Gasteiger partial charge in [-0.2, -0.15) is 0 Å². The van der Waals surface area contributed by atoms with Crippen LogP contribution in [0.2, 0.25) is 5.02 Å². The fourth-order valence-electron chi connectivity index (χ4n) is 2.54. The zero-order valence-electron chi connectivity index (χ0n) is 11.5. The molecule has 2 rings (SSSR count). The number of likely N-dealkylation sites (N-methyl/N-ethyl adjacent to an activating group) is 1. The maximum Gasteiger partial charge on any atom is 0.238 e. The summed E-state index contributed by atoms with van der Waals surface area (Å²) < 4.78 is 0.897. The summed E-state index contributed by atoms with van der Waals surface area (Å²) in [5.74, 6) is -0.0165. The van der Waals surface area contributed by atoms with Gasteiger partial charge < -0.3 is 10.6 Å². The molecule has 2 N–H and O–H groups in total. The van der Waals surface area contributed by atoms with Crippen LogP contribution in [-0.4, -0.2) is 43.5 Å². The van der Waals surface area contributed by atoms with Gasteiger partial charge in [-0.05, 0) is 44.6 Å². The first-order valence-electron chi connectivity index (χ1n) is 6.73.